The van der Waals surface area contributed by atoms with Gasteiger partial charge in [0.15, 0.2) is 11.6 Å². The molecule has 86 valence electrons. The summed E-state index contributed by atoms with van der Waals surface area (Å²) in [6, 6.07) is 3.92. The Morgan fingerprint density at radius 2 is 2.31 bits per heavy atom. The van der Waals surface area contributed by atoms with Crippen molar-refractivity contribution in [2.75, 3.05) is 17.3 Å². The second kappa shape index (κ2) is 4.29. The normalized spacial score (nSPS) is 20.5. The summed E-state index contributed by atoms with van der Waals surface area (Å²) in [5, 5.41) is 9.05. The molecule has 1 aliphatic heterocycles. The van der Waals surface area contributed by atoms with Crippen LogP contribution in [-0.2, 0) is 4.79 Å². The lowest BCUT2D eigenvalue weighted by Gasteiger charge is -2.16. The van der Waals surface area contributed by atoms with Gasteiger partial charge in [0.2, 0.25) is 5.91 Å². The van der Waals surface area contributed by atoms with E-state index < -0.39 is 11.6 Å². The van der Waals surface area contributed by atoms with E-state index >= 15 is 0 Å². The zero-order valence-corrected chi connectivity index (χ0v) is 9.25. The maximum absolute atomic E-state index is 13.1. The predicted molar refractivity (Wildman–Crippen MR) is 59.2 cm³/mol. The summed E-state index contributed by atoms with van der Waals surface area (Å²) in [7, 11) is 0. The van der Waals surface area contributed by atoms with Gasteiger partial charge in [-0.05, 0) is 18.1 Å². The number of amides is 1. The number of phenols is 1. The summed E-state index contributed by atoms with van der Waals surface area (Å²) in [6.07, 6.45) is 0.395. The first kappa shape index (κ1) is 11.2. The van der Waals surface area contributed by atoms with Crippen LogP contribution in [0.1, 0.15) is 6.42 Å². The molecule has 1 heterocycles. The number of anilines is 1. The third-order valence-corrected chi connectivity index (χ3v) is 3.10. The zero-order valence-electron chi connectivity index (χ0n) is 8.49. The van der Waals surface area contributed by atoms with Crippen molar-refractivity contribution in [3.63, 3.8) is 0 Å². The van der Waals surface area contributed by atoms with Crippen LogP contribution in [0, 0.1) is 11.7 Å². The Labute approximate surface area is 97.4 Å². The average molecular weight is 244 g/mol. The van der Waals surface area contributed by atoms with E-state index in [1.54, 1.807) is 0 Å². The number of rotatable bonds is 2. The highest BCUT2D eigenvalue weighted by atomic mass is 35.5. The molecule has 2 rings (SSSR count). The predicted octanol–water partition coefficient (Wildman–Crippen LogP) is 2.12. The molecule has 1 saturated heterocycles. The van der Waals surface area contributed by atoms with Gasteiger partial charge in [-0.25, -0.2) is 4.39 Å². The summed E-state index contributed by atoms with van der Waals surface area (Å²) >= 11 is 5.69. The summed E-state index contributed by atoms with van der Waals surface area (Å²) < 4.78 is 13.1. The monoisotopic (exact) mass is 243 g/mol. The number of phenolic OH excluding ortho intramolecular Hbond substituents is 1. The quantitative estimate of drug-likeness (QED) is 0.809. The number of carbonyl (C=O) groups is 1. The highest BCUT2D eigenvalue weighted by Gasteiger charge is 2.30. The molecule has 0 aliphatic carbocycles. The van der Waals surface area contributed by atoms with Crippen LogP contribution in [0.25, 0.3) is 0 Å². The van der Waals surface area contributed by atoms with Gasteiger partial charge in [0.05, 0.1) is 0 Å². The largest absolute Gasteiger partial charge is 0.505 e. The van der Waals surface area contributed by atoms with E-state index in [-0.39, 0.29) is 11.8 Å². The summed E-state index contributed by atoms with van der Waals surface area (Å²) in [4.78, 5) is 13.1. The number of benzene rings is 1. The number of carbonyl (C=O) groups excluding carboxylic acids is 1. The topological polar surface area (TPSA) is 40.5 Å². The van der Waals surface area contributed by atoms with Gasteiger partial charge in [-0.15, -0.1) is 11.6 Å². The second-order valence-electron chi connectivity index (χ2n) is 3.86. The molecule has 16 heavy (non-hydrogen) atoms. The molecule has 0 saturated carbocycles. The summed E-state index contributed by atoms with van der Waals surface area (Å²) in [5.74, 6) is -0.659. The number of hydrogen-bond donors (Lipinski definition) is 1. The Morgan fingerprint density at radius 3 is 2.88 bits per heavy atom. The van der Waals surface area contributed by atoms with E-state index in [0.29, 0.717) is 24.5 Å². The standard InChI is InChI=1S/C11H11ClFNO2/c12-5-7-3-11(16)14(6-7)8-1-2-10(15)9(13)4-8/h1-2,4,7,15H,3,5-6H2. The lowest BCUT2D eigenvalue weighted by molar-refractivity contribution is -0.117. The maximum Gasteiger partial charge on any atom is 0.227 e. The molecular weight excluding hydrogens is 233 g/mol. The van der Waals surface area contributed by atoms with Gasteiger partial charge >= 0.3 is 0 Å². The van der Waals surface area contributed by atoms with E-state index in [1.165, 1.54) is 17.0 Å². The first-order chi connectivity index (χ1) is 7.61. The fraction of sp³-hybridized carbons (Fsp3) is 0.364. The fourth-order valence-corrected chi connectivity index (χ4v) is 2.00. The van der Waals surface area contributed by atoms with Crippen molar-refractivity contribution in [2.24, 2.45) is 5.92 Å². The lowest BCUT2D eigenvalue weighted by Crippen LogP contribution is -2.24. The Balaban J connectivity index is 2.24. The van der Waals surface area contributed by atoms with Crippen molar-refractivity contribution in [3.05, 3.63) is 24.0 Å². The molecule has 1 aromatic carbocycles. The molecule has 1 amide bonds. The van der Waals surface area contributed by atoms with Crippen LogP contribution in [0.15, 0.2) is 18.2 Å². The van der Waals surface area contributed by atoms with Gasteiger partial charge in [0.25, 0.3) is 0 Å². The van der Waals surface area contributed by atoms with Crippen molar-refractivity contribution in [1.29, 1.82) is 0 Å². The molecule has 1 aliphatic rings. The fourth-order valence-electron chi connectivity index (χ4n) is 1.80. The smallest absolute Gasteiger partial charge is 0.227 e. The van der Waals surface area contributed by atoms with Crippen molar-refractivity contribution in [2.45, 2.75) is 6.42 Å². The van der Waals surface area contributed by atoms with Crippen LogP contribution >= 0.6 is 11.6 Å². The van der Waals surface area contributed by atoms with Crippen LogP contribution in [-0.4, -0.2) is 23.4 Å². The van der Waals surface area contributed by atoms with Gasteiger partial charge < -0.3 is 10.0 Å². The first-order valence-corrected chi connectivity index (χ1v) is 5.50. The highest BCUT2D eigenvalue weighted by molar-refractivity contribution is 6.18. The Bertz CT molecular complexity index is 424. The van der Waals surface area contributed by atoms with Crippen molar-refractivity contribution in [3.8, 4) is 5.75 Å². The zero-order chi connectivity index (χ0) is 11.7. The number of hydrogen-bond acceptors (Lipinski definition) is 2. The molecule has 0 aromatic heterocycles. The van der Waals surface area contributed by atoms with E-state index in [4.69, 9.17) is 16.7 Å². The van der Waals surface area contributed by atoms with E-state index in [9.17, 15) is 9.18 Å². The Kier molecular flexibility index (Phi) is 3.01. The minimum atomic E-state index is -0.723. The van der Waals surface area contributed by atoms with Crippen molar-refractivity contribution >= 4 is 23.2 Å². The van der Waals surface area contributed by atoms with Crippen LogP contribution in [0.2, 0.25) is 0 Å². The third kappa shape index (κ3) is 1.97. The van der Waals surface area contributed by atoms with Crippen LogP contribution in [0.5, 0.6) is 5.75 Å². The third-order valence-electron chi connectivity index (χ3n) is 2.67. The van der Waals surface area contributed by atoms with Crippen molar-refractivity contribution in [1.82, 2.24) is 0 Å². The number of aromatic hydroxyl groups is 1. The van der Waals surface area contributed by atoms with E-state index in [2.05, 4.69) is 0 Å². The molecule has 0 radical (unpaired) electrons. The van der Waals surface area contributed by atoms with Gasteiger partial charge in [-0.2, -0.15) is 0 Å². The van der Waals surface area contributed by atoms with Gasteiger partial charge in [-0.3, -0.25) is 4.79 Å². The molecule has 0 spiro atoms. The molecule has 1 atom stereocenters. The number of nitrogens with zero attached hydrogens (tertiary/aromatic N) is 1. The second-order valence-corrected chi connectivity index (χ2v) is 4.17. The van der Waals surface area contributed by atoms with E-state index in [0.717, 1.165) is 6.07 Å². The van der Waals surface area contributed by atoms with Gasteiger partial charge in [-0.1, -0.05) is 0 Å². The molecule has 0 bridgehead atoms. The molecular formula is C11H11ClFNO2. The lowest BCUT2D eigenvalue weighted by atomic mass is 10.1. The highest BCUT2D eigenvalue weighted by Crippen LogP contribution is 2.28. The molecule has 1 N–H and O–H groups in total. The van der Waals surface area contributed by atoms with Crippen LogP contribution in [0.4, 0.5) is 10.1 Å². The summed E-state index contributed by atoms with van der Waals surface area (Å²) in [6.45, 7) is 0.506. The number of halogens is 2. The SMILES string of the molecule is O=C1CC(CCl)CN1c1ccc(O)c(F)c1. The molecule has 3 nitrogen and oxygen atoms in total. The first-order valence-electron chi connectivity index (χ1n) is 4.96. The van der Waals surface area contributed by atoms with E-state index in [1.807, 2.05) is 0 Å². The number of alkyl halides is 1. The molecule has 1 fully saturated rings. The molecule has 1 aromatic rings. The Hall–Kier alpha value is -1.29. The minimum absolute atomic E-state index is 0.0595. The van der Waals surface area contributed by atoms with Crippen LogP contribution < -0.4 is 4.90 Å². The van der Waals surface area contributed by atoms with Crippen LogP contribution in [0.3, 0.4) is 0 Å². The Morgan fingerprint density at radius 1 is 1.56 bits per heavy atom. The van der Waals surface area contributed by atoms with Gasteiger partial charge in [0, 0.05) is 30.6 Å². The average Bonchev–Trinajstić information content (AvgIpc) is 2.64. The van der Waals surface area contributed by atoms with Crippen molar-refractivity contribution < 1.29 is 14.3 Å². The maximum atomic E-state index is 13.1. The molecule has 5 heteroatoms. The molecule has 1 unspecified atom stereocenters. The van der Waals surface area contributed by atoms with Gasteiger partial charge in [0.1, 0.15) is 0 Å². The summed E-state index contributed by atoms with van der Waals surface area (Å²) in [5.41, 5.74) is 0.466. The minimum Gasteiger partial charge on any atom is -0.505 e.